The molecular formula is C8H13N3O6S. The third-order valence-corrected chi connectivity index (χ3v) is 3.67. The van der Waals surface area contributed by atoms with Gasteiger partial charge < -0.3 is 15.3 Å². The van der Waals surface area contributed by atoms with Crippen molar-refractivity contribution in [3.63, 3.8) is 0 Å². The lowest BCUT2D eigenvalue weighted by molar-refractivity contribution is 0.0686. The molecule has 9 nitrogen and oxygen atoms in total. The summed E-state index contributed by atoms with van der Waals surface area (Å²) in [4.78, 5) is 10.3. The van der Waals surface area contributed by atoms with E-state index < -0.39 is 45.8 Å². The topological polar surface area (TPSA) is 153 Å². The predicted octanol–water partition coefficient (Wildman–Crippen LogP) is -1.95. The van der Waals surface area contributed by atoms with Crippen molar-refractivity contribution >= 4 is 16.0 Å². The van der Waals surface area contributed by atoms with Crippen LogP contribution in [0.4, 0.5) is 0 Å². The highest BCUT2D eigenvalue weighted by Crippen LogP contribution is 2.17. The number of hydrogen-bond donors (Lipinski definition) is 5. The van der Waals surface area contributed by atoms with Gasteiger partial charge in [0.25, 0.3) is 0 Å². The number of rotatable bonds is 6. The van der Waals surface area contributed by atoms with E-state index in [-0.39, 0.29) is 5.69 Å². The van der Waals surface area contributed by atoms with Crippen LogP contribution in [-0.2, 0) is 10.0 Å². The quantitative estimate of drug-likeness (QED) is 0.405. The van der Waals surface area contributed by atoms with Crippen LogP contribution in [0, 0.1) is 6.92 Å². The van der Waals surface area contributed by atoms with Crippen molar-refractivity contribution < 1.29 is 28.5 Å². The third kappa shape index (κ3) is 3.04. The molecule has 0 radical (unpaired) electrons. The maximum atomic E-state index is 11.8. The van der Waals surface area contributed by atoms with Crippen molar-refractivity contribution in [2.75, 3.05) is 13.2 Å². The van der Waals surface area contributed by atoms with Crippen LogP contribution in [0.25, 0.3) is 0 Å². The standard InChI is InChI=1S/C8H13N3O6S/c1-4-7(6(8(14)15)11-10-4)18(16,17)9-2-5(13)3-12/h5,9,12-13H,2-3H2,1H3,(H,10,11)(H,14,15). The summed E-state index contributed by atoms with van der Waals surface area (Å²) in [5, 5.41) is 32.1. The first-order chi connectivity index (χ1) is 8.29. The number of hydrogen-bond acceptors (Lipinski definition) is 6. The molecule has 1 aromatic heterocycles. The van der Waals surface area contributed by atoms with Gasteiger partial charge in [-0.25, -0.2) is 17.9 Å². The van der Waals surface area contributed by atoms with E-state index in [1.807, 2.05) is 4.72 Å². The molecule has 0 aromatic carbocycles. The van der Waals surface area contributed by atoms with Crippen LogP contribution >= 0.6 is 0 Å². The van der Waals surface area contributed by atoms with Gasteiger partial charge in [0, 0.05) is 6.54 Å². The monoisotopic (exact) mass is 279 g/mol. The van der Waals surface area contributed by atoms with Crippen molar-refractivity contribution in [1.82, 2.24) is 14.9 Å². The average Bonchev–Trinajstić information content (AvgIpc) is 2.69. The molecule has 1 heterocycles. The number of aliphatic hydroxyl groups excluding tert-OH is 2. The number of sulfonamides is 1. The SMILES string of the molecule is Cc1[nH]nc(C(=O)O)c1S(=O)(=O)NCC(O)CO. The minimum Gasteiger partial charge on any atom is -0.476 e. The van der Waals surface area contributed by atoms with Gasteiger partial charge in [-0.05, 0) is 6.92 Å². The molecule has 5 N–H and O–H groups in total. The number of aromatic nitrogens is 2. The Balaban J connectivity index is 3.05. The minimum absolute atomic E-state index is 0.0680. The maximum absolute atomic E-state index is 11.8. The number of H-pyrrole nitrogens is 1. The Kier molecular flexibility index (Phi) is 4.40. The van der Waals surface area contributed by atoms with Gasteiger partial charge in [-0.15, -0.1) is 0 Å². The van der Waals surface area contributed by atoms with E-state index in [0.29, 0.717) is 0 Å². The summed E-state index contributed by atoms with van der Waals surface area (Å²) in [6.07, 6.45) is -1.26. The summed E-state index contributed by atoms with van der Waals surface area (Å²) in [7, 11) is -4.12. The normalized spacial score (nSPS) is 13.5. The van der Waals surface area contributed by atoms with E-state index in [9.17, 15) is 13.2 Å². The van der Waals surface area contributed by atoms with Crippen LogP contribution in [0.1, 0.15) is 16.2 Å². The van der Waals surface area contributed by atoms with Gasteiger partial charge in [-0.1, -0.05) is 0 Å². The molecule has 0 aliphatic rings. The summed E-state index contributed by atoms with van der Waals surface area (Å²) < 4.78 is 25.7. The van der Waals surface area contributed by atoms with Crippen molar-refractivity contribution in [1.29, 1.82) is 0 Å². The van der Waals surface area contributed by atoms with E-state index in [1.165, 1.54) is 6.92 Å². The fourth-order valence-electron chi connectivity index (χ4n) is 1.24. The zero-order valence-electron chi connectivity index (χ0n) is 9.41. The smallest absolute Gasteiger partial charge is 0.357 e. The Hall–Kier alpha value is -1.49. The molecule has 18 heavy (non-hydrogen) atoms. The van der Waals surface area contributed by atoms with Crippen LogP contribution in [0.5, 0.6) is 0 Å². The van der Waals surface area contributed by atoms with Crippen molar-refractivity contribution in [2.24, 2.45) is 0 Å². The molecule has 10 heteroatoms. The van der Waals surface area contributed by atoms with Crippen LogP contribution in [0.2, 0.25) is 0 Å². The fourth-order valence-corrected chi connectivity index (χ4v) is 2.63. The first kappa shape index (κ1) is 14.6. The Morgan fingerprint density at radius 3 is 2.67 bits per heavy atom. The number of aromatic carboxylic acids is 1. The van der Waals surface area contributed by atoms with Gasteiger partial charge in [0.15, 0.2) is 5.69 Å². The molecule has 1 rings (SSSR count). The summed E-state index contributed by atoms with van der Waals surface area (Å²) in [5.74, 6) is -1.48. The van der Waals surface area contributed by atoms with Gasteiger partial charge in [-0.3, -0.25) is 5.10 Å². The van der Waals surface area contributed by atoms with E-state index in [4.69, 9.17) is 15.3 Å². The number of nitrogens with one attached hydrogen (secondary N) is 2. The molecule has 0 fully saturated rings. The molecule has 0 aliphatic carbocycles. The van der Waals surface area contributed by atoms with E-state index in [0.717, 1.165) is 0 Å². The number of carboxylic acids is 1. The van der Waals surface area contributed by atoms with Crippen LogP contribution in [0.15, 0.2) is 4.90 Å². The molecule has 0 amide bonds. The Morgan fingerprint density at radius 2 is 2.17 bits per heavy atom. The zero-order valence-corrected chi connectivity index (χ0v) is 10.2. The van der Waals surface area contributed by atoms with Gasteiger partial charge in [0.2, 0.25) is 10.0 Å². The maximum Gasteiger partial charge on any atom is 0.357 e. The Morgan fingerprint density at radius 1 is 1.56 bits per heavy atom. The molecule has 1 atom stereocenters. The van der Waals surface area contributed by atoms with Gasteiger partial charge in [-0.2, -0.15) is 5.10 Å². The first-order valence-corrected chi connectivity index (χ1v) is 6.34. The number of aliphatic hydroxyl groups is 2. The van der Waals surface area contributed by atoms with Crippen molar-refractivity contribution in [3.8, 4) is 0 Å². The molecule has 102 valence electrons. The summed E-state index contributed by atoms with van der Waals surface area (Å²) in [6, 6.07) is 0. The highest BCUT2D eigenvalue weighted by atomic mass is 32.2. The van der Waals surface area contributed by atoms with E-state index in [1.54, 1.807) is 0 Å². The highest BCUT2D eigenvalue weighted by molar-refractivity contribution is 7.89. The number of nitrogens with zero attached hydrogens (tertiary/aromatic N) is 1. The largest absolute Gasteiger partial charge is 0.476 e. The van der Waals surface area contributed by atoms with Gasteiger partial charge >= 0.3 is 5.97 Å². The molecule has 0 bridgehead atoms. The van der Waals surface area contributed by atoms with Gasteiger partial charge in [0.1, 0.15) is 4.90 Å². The van der Waals surface area contributed by atoms with Crippen LogP contribution in [0.3, 0.4) is 0 Å². The Bertz CT molecular complexity index is 537. The lowest BCUT2D eigenvalue weighted by atomic mass is 10.4. The second-order valence-corrected chi connectivity index (χ2v) is 5.22. The van der Waals surface area contributed by atoms with E-state index in [2.05, 4.69) is 10.2 Å². The molecule has 1 aromatic rings. The number of aryl methyl sites for hydroxylation is 1. The summed E-state index contributed by atoms with van der Waals surface area (Å²) >= 11 is 0. The molecule has 0 aliphatic heterocycles. The number of carbonyl (C=O) groups is 1. The lowest BCUT2D eigenvalue weighted by Gasteiger charge is -2.09. The van der Waals surface area contributed by atoms with Crippen LogP contribution in [-0.4, -0.2) is 59.2 Å². The average molecular weight is 279 g/mol. The molecule has 0 saturated heterocycles. The highest BCUT2D eigenvalue weighted by Gasteiger charge is 2.28. The minimum atomic E-state index is -4.12. The second kappa shape index (κ2) is 5.44. The van der Waals surface area contributed by atoms with E-state index >= 15 is 0 Å². The molecule has 1 unspecified atom stereocenters. The molecule has 0 spiro atoms. The van der Waals surface area contributed by atoms with Crippen LogP contribution < -0.4 is 4.72 Å². The second-order valence-electron chi connectivity index (χ2n) is 3.52. The predicted molar refractivity (Wildman–Crippen MR) is 58.6 cm³/mol. The van der Waals surface area contributed by atoms with Gasteiger partial charge in [0.05, 0.1) is 18.4 Å². The number of aromatic amines is 1. The summed E-state index contributed by atoms with van der Waals surface area (Å²) in [6.45, 7) is 0.317. The fraction of sp³-hybridized carbons (Fsp3) is 0.500. The first-order valence-electron chi connectivity index (χ1n) is 4.86. The zero-order chi connectivity index (χ0) is 13.9. The van der Waals surface area contributed by atoms with Crippen molar-refractivity contribution in [2.45, 2.75) is 17.9 Å². The lowest BCUT2D eigenvalue weighted by Crippen LogP contribution is -2.34. The van der Waals surface area contributed by atoms with Crippen molar-refractivity contribution in [3.05, 3.63) is 11.4 Å². The molecule has 0 saturated carbocycles. The summed E-state index contributed by atoms with van der Waals surface area (Å²) in [5.41, 5.74) is -0.558. The third-order valence-electron chi connectivity index (χ3n) is 2.08. The number of carboxylic acid groups (broad SMARTS) is 1. The Labute approximate surface area is 103 Å². The molecular weight excluding hydrogens is 266 g/mol.